The first-order valence-corrected chi connectivity index (χ1v) is 8.36. The summed E-state index contributed by atoms with van der Waals surface area (Å²) in [6.07, 6.45) is 4.60. The third kappa shape index (κ3) is 3.22. The van der Waals surface area contributed by atoms with E-state index in [-0.39, 0.29) is 6.42 Å². The van der Waals surface area contributed by atoms with Crippen molar-refractivity contribution in [3.8, 4) is 12.3 Å². The van der Waals surface area contributed by atoms with E-state index in [0.29, 0.717) is 22.5 Å². The zero-order valence-corrected chi connectivity index (χ0v) is 13.5. The van der Waals surface area contributed by atoms with E-state index in [0.717, 1.165) is 15.5 Å². The number of rotatable bonds is 6. The Bertz CT molecular complexity index is 833. The summed E-state index contributed by atoms with van der Waals surface area (Å²) in [6, 6.07) is 2.44. The van der Waals surface area contributed by atoms with Crippen LogP contribution in [0.2, 0.25) is 0 Å². The summed E-state index contributed by atoms with van der Waals surface area (Å²) >= 11 is 2.65. The monoisotopic (exact) mass is 353 g/mol. The second kappa shape index (κ2) is 6.66. The first-order valence-electron chi connectivity index (χ1n) is 6.77. The normalized spacial score (nSPS) is 12.7. The summed E-state index contributed by atoms with van der Waals surface area (Å²) in [6.45, 7) is 0.513. The van der Waals surface area contributed by atoms with Crippen molar-refractivity contribution in [1.29, 1.82) is 0 Å². The van der Waals surface area contributed by atoms with Crippen LogP contribution in [0.25, 0.3) is 10.2 Å². The summed E-state index contributed by atoms with van der Waals surface area (Å²) in [7, 11) is 0. The molecule has 0 amide bonds. The van der Waals surface area contributed by atoms with Crippen molar-refractivity contribution < 1.29 is 13.2 Å². The highest BCUT2D eigenvalue weighted by Crippen LogP contribution is 2.39. The number of alkyl halides is 2. The lowest BCUT2D eigenvalue weighted by Crippen LogP contribution is -2.30. The molecule has 0 aromatic carbocycles. The zero-order chi connectivity index (χ0) is 16.4. The smallest absolute Gasteiger partial charge is 0.253 e. The second-order valence-corrected chi connectivity index (χ2v) is 6.75. The van der Waals surface area contributed by atoms with Gasteiger partial charge in [0.15, 0.2) is 0 Å². The highest BCUT2D eigenvalue weighted by Gasteiger charge is 2.22. The zero-order valence-electron chi connectivity index (χ0n) is 11.9. The van der Waals surface area contributed by atoms with Gasteiger partial charge in [-0.05, 0) is 23.7 Å². The SMILES string of the molecule is C#Cc1c(C[C@@H](N)C(F)F)sc2c(NCc3ccco3)snc12. The van der Waals surface area contributed by atoms with Crippen LogP contribution in [0.5, 0.6) is 0 Å². The number of thiophene rings is 1. The van der Waals surface area contributed by atoms with Crippen LogP contribution in [0.4, 0.5) is 13.8 Å². The number of hydrogen-bond acceptors (Lipinski definition) is 6. The van der Waals surface area contributed by atoms with Crippen LogP contribution in [-0.4, -0.2) is 16.8 Å². The molecule has 23 heavy (non-hydrogen) atoms. The molecule has 0 aliphatic rings. The number of nitrogens with one attached hydrogen (secondary N) is 1. The summed E-state index contributed by atoms with van der Waals surface area (Å²) in [5, 5.41) is 4.08. The molecule has 0 spiro atoms. The van der Waals surface area contributed by atoms with E-state index in [1.165, 1.54) is 22.9 Å². The van der Waals surface area contributed by atoms with Gasteiger partial charge in [0.25, 0.3) is 6.43 Å². The number of terminal acetylenes is 1. The summed E-state index contributed by atoms with van der Waals surface area (Å²) in [5.41, 5.74) is 6.69. The number of halogens is 2. The molecule has 3 aromatic heterocycles. The summed E-state index contributed by atoms with van der Waals surface area (Å²) in [4.78, 5) is 0.673. The molecule has 0 saturated heterocycles. The largest absolute Gasteiger partial charge is 0.467 e. The van der Waals surface area contributed by atoms with Crippen molar-refractivity contribution in [2.75, 3.05) is 5.32 Å². The number of fused-ring (bicyclic) bond motifs is 1. The second-order valence-electron chi connectivity index (χ2n) is 4.87. The van der Waals surface area contributed by atoms with E-state index >= 15 is 0 Å². The van der Waals surface area contributed by atoms with Crippen LogP contribution in [0.15, 0.2) is 22.8 Å². The molecule has 0 radical (unpaired) electrons. The first kappa shape index (κ1) is 15.9. The molecule has 120 valence electrons. The fraction of sp³-hybridized carbons (Fsp3) is 0.267. The van der Waals surface area contributed by atoms with Gasteiger partial charge in [0.1, 0.15) is 16.3 Å². The minimum Gasteiger partial charge on any atom is -0.467 e. The van der Waals surface area contributed by atoms with Crippen molar-refractivity contribution >= 4 is 38.1 Å². The third-order valence-corrected chi connectivity index (χ3v) is 5.44. The van der Waals surface area contributed by atoms with Gasteiger partial charge in [-0.1, -0.05) is 5.92 Å². The Hall–Kier alpha value is -1.95. The maximum Gasteiger partial charge on any atom is 0.253 e. The van der Waals surface area contributed by atoms with Gasteiger partial charge >= 0.3 is 0 Å². The lowest BCUT2D eigenvalue weighted by molar-refractivity contribution is 0.116. The van der Waals surface area contributed by atoms with Crippen LogP contribution in [-0.2, 0) is 13.0 Å². The maximum atomic E-state index is 12.7. The lowest BCUT2D eigenvalue weighted by atomic mass is 10.1. The van der Waals surface area contributed by atoms with E-state index in [9.17, 15) is 8.78 Å². The maximum absolute atomic E-state index is 12.7. The molecular formula is C15H13F2N3OS2. The molecule has 3 rings (SSSR count). The van der Waals surface area contributed by atoms with Crippen LogP contribution in [0.1, 0.15) is 16.2 Å². The Labute approximate surface area is 139 Å². The van der Waals surface area contributed by atoms with Crippen molar-refractivity contribution in [3.05, 3.63) is 34.6 Å². The highest BCUT2D eigenvalue weighted by molar-refractivity contribution is 7.24. The van der Waals surface area contributed by atoms with Gasteiger partial charge in [0.05, 0.1) is 29.1 Å². The van der Waals surface area contributed by atoms with Gasteiger partial charge in [-0.15, -0.1) is 17.8 Å². The number of aromatic nitrogens is 1. The lowest BCUT2D eigenvalue weighted by Gasteiger charge is -2.08. The van der Waals surface area contributed by atoms with Crippen LogP contribution in [0, 0.1) is 12.3 Å². The predicted octanol–water partition coefficient (Wildman–Crippen LogP) is 3.68. The molecule has 0 unspecified atom stereocenters. The van der Waals surface area contributed by atoms with Gasteiger partial charge in [-0.25, -0.2) is 8.78 Å². The number of nitrogens with zero attached hydrogens (tertiary/aromatic N) is 1. The predicted molar refractivity (Wildman–Crippen MR) is 89.2 cm³/mol. The van der Waals surface area contributed by atoms with E-state index in [1.54, 1.807) is 6.26 Å². The molecule has 0 bridgehead atoms. The molecule has 1 atom stereocenters. The fourth-order valence-electron chi connectivity index (χ4n) is 2.13. The number of furan rings is 1. The van der Waals surface area contributed by atoms with Crippen LogP contribution >= 0.6 is 22.9 Å². The number of hydrogen-bond donors (Lipinski definition) is 2. The molecule has 4 nitrogen and oxygen atoms in total. The Morgan fingerprint density at radius 1 is 1.48 bits per heavy atom. The Balaban J connectivity index is 1.87. The molecule has 0 fully saturated rings. The van der Waals surface area contributed by atoms with Crippen molar-refractivity contribution in [2.45, 2.75) is 25.4 Å². The van der Waals surface area contributed by atoms with Gasteiger partial charge in [0.2, 0.25) is 0 Å². The standard InChI is InChI=1S/C15H13F2N3OS2/c1-2-9-11(6-10(18)14(16)17)22-13-12(9)20-23-15(13)19-7-8-4-3-5-21-8/h1,3-5,10,14,19H,6-7,18H2/t10-/m1/s1. The molecule has 0 aliphatic carbocycles. The molecule has 8 heteroatoms. The average molecular weight is 353 g/mol. The highest BCUT2D eigenvalue weighted by atomic mass is 32.1. The van der Waals surface area contributed by atoms with Crippen molar-refractivity contribution in [2.24, 2.45) is 5.73 Å². The first-order chi connectivity index (χ1) is 11.1. The Kier molecular flexibility index (Phi) is 4.61. The van der Waals surface area contributed by atoms with E-state index in [2.05, 4.69) is 15.6 Å². The fourth-order valence-corrected chi connectivity index (χ4v) is 4.30. The van der Waals surface area contributed by atoms with Gasteiger partial charge in [-0.3, -0.25) is 0 Å². The number of nitrogens with two attached hydrogens (primary N) is 1. The molecule has 3 heterocycles. The van der Waals surface area contributed by atoms with E-state index in [4.69, 9.17) is 16.6 Å². The molecule has 3 aromatic rings. The molecular weight excluding hydrogens is 340 g/mol. The van der Waals surface area contributed by atoms with Crippen molar-refractivity contribution in [1.82, 2.24) is 4.37 Å². The van der Waals surface area contributed by atoms with Crippen LogP contribution in [0.3, 0.4) is 0 Å². The average Bonchev–Trinajstić information content (AvgIpc) is 3.21. The molecule has 3 N–H and O–H groups in total. The van der Waals surface area contributed by atoms with Gasteiger partial charge < -0.3 is 15.5 Å². The van der Waals surface area contributed by atoms with E-state index in [1.807, 2.05) is 12.1 Å². The summed E-state index contributed by atoms with van der Waals surface area (Å²) in [5.74, 6) is 3.35. The third-order valence-electron chi connectivity index (χ3n) is 3.28. The van der Waals surface area contributed by atoms with Gasteiger partial charge in [-0.2, -0.15) is 4.37 Å². The van der Waals surface area contributed by atoms with E-state index < -0.39 is 12.5 Å². The Morgan fingerprint density at radius 2 is 2.30 bits per heavy atom. The molecule has 0 aliphatic heterocycles. The molecule has 0 saturated carbocycles. The summed E-state index contributed by atoms with van der Waals surface area (Å²) < 4.78 is 35.8. The Morgan fingerprint density at radius 3 is 2.96 bits per heavy atom. The minimum absolute atomic E-state index is 0.0422. The van der Waals surface area contributed by atoms with Crippen molar-refractivity contribution in [3.63, 3.8) is 0 Å². The van der Waals surface area contributed by atoms with Gasteiger partial charge in [0, 0.05) is 11.3 Å². The minimum atomic E-state index is -2.58. The number of anilines is 1. The van der Waals surface area contributed by atoms with Crippen LogP contribution < -0.4 is 11.1 Å². The topological polar surface area (TPSA) is 64.1 Å². The quantitative estimate of drug-likeness (QED) is 0.664.